The van der Waals surface area contributed by atoms with Gasteiger partial charge >= 0.3 is 11.7 Å². The molecule has 3 N–H and O–H groups in total. The van der Waals surface area contributed by atoms with Crippen LogP contribution < -0.4 is 16.7 Å². The number of hydrogen-bond donors (Lipinski definition) is 2. The zero-order valence-electron chi connectivity index (χ0n) is 12.1. The minimum Gasteiger partial charge on any atom is -0.465 e. The van der Waals surface area contributed by atoms with Gasteiger partial charge in [0.05, 0.1) is 6.61 Å². The van der Waals surface area contributed by atoms with Crippen LogP contribution >= 0.6 is 0 Å². The number of ether oxygens (including phenoxy) is 1. The smallest absolute Gasteiger partial charge is 0.353 e. The first-order valence-corrected chi connectivity index (χ1v) is 6.47. The van der Waals surface area contributed by atoms with Crippen LogP contribution in [-0.2, 0) is 20.9 Å². The molecule has 0 radical (unpaired) electrons. The summed E-state index contributed by atoms with van der Waals surface area (Å²) < 4.78 is 6.33. The van der Waals surface area contributed by atoms with Crippen LogP contribution in [0.2, 0.25) is 0 Å². The van der Waals surface area contributed by atoms with E-state index in [1.165, 1.54) is 0 Å². The first-order valence-electron chi connectivity index (χ1n) is 6.47. The molecule has 0 aliphatic heterocycles. The summed E-state index contributed by atoms with van der Waals surface area (Å²) >= 11 is 0. The highest BCUT2D eigenvalue weighted by molar-refractivity contribution is 5.96. The third kappa shape index (κ3) is 3.48. The highest BCUT2D eigenvalue weighted by Crippen LogP contribution is 2.00. The Balaban J connectivity index is 2.13. The summed E-state index contributed by atoms with van der Waals surface area (Å²) in [5.41, 5.74) is 4.05. The fraction of sp³-hybridized carbons (Fsp3) is 0.364. The van der Waals surface area contributed by atoms with Crippen LogP contribution in [-0.4, -0.2) is 55.3 Å². The lowest BCUT2D eigenvalue weighted by Crippen LogP contribution is -2.38. The lowest BCUT2D eigenvalue weighted by atomic mass is 10.4. The van der Waals surface area contributed by atoms with Gasteiger partial charge in [0.2, 0.25) is 5.91 Å². The molecule has 0 aromatic carbocycles. The molecule has 0 fully saturated rings. The molecule has 0 atom stereocenters. The van der Waals surface area contributed by atoms with Gasteiger partial charge in [-0.3, -0.25) is 14.4 Å². The number of aromatic nitrogens is 5. The topological polar surface area (TPSA) is 164 Å². The van der Waals surface area contributed by atoms with Crippen molar-refractivity contribution in [3.63, 3.8) is 0 Å². The number of amides is 2. The summed E-state index contributed by atoms with van der Waals surface area (Å²) in [5, 5.41) is 9.45. The molecule has 2 aromatic heterocycles. The van der Waals surface area contributed by atoms with Crippen LogP contribution in [0.1, 0.15) is 17.4 Å². The Labute approximate surface area is 128 Å². The fourth-order valence-electron chi connectivity index (χ4n) is 1.68. The molecule has 0 bridgehead atoms. The molecule has 2 aromatic rings. The van der Waals surface area contributed by atoms with Gasteiger partial charge in [0.25, 0.3) is 5.91 Å². The first kappa shape index (κ1) is 16.1. The Morgan fingerprint density at radius 1 is 1.39 bits per heavy atom. The normalized spacial score (nSPS) is 10.5. The van der Waals surface area contributed by atoms with Crippen LogP contribution in [0.15, 0.2) is 11.1 Å². The van der Waals surface area contributed by atoms with Gasteiger partial charge in [-0.2, -0.15) is 4.68 Å². The molecule has 0 aliphatic rings. The second-order valence-corrected chi connectivity index (χ2v) is 4.26. The zero-order valence-corrected chi connectivity index (χ0v) is 12.1. The minimum atomic E-state index is -0.855. The molecule has 0 saturated carbocycles. The summed E-state index contributed by atoms with van der Waals surface area (Å²) in [5.74, 6) is -2.09. The van der Waals surface area contributed by atoms with E-state index in [2.05, 4.69) is 25.3 Å². The maximum absolute atomic E-state index is 12.1. The van der Waals surface area contributed by atoms with Crippen molar-refractivity contribution in [2.24, 2.45) is 5.73 Å². The lowest BCUT2D eigenvalue weighted by Gasteiger charge is -2.06. The van der Waals surface area contributed by atoms with Crippen LogP contribution in [0.3, 0.4) is 0 Å². The number of nitrogens with two attached hydrogens (primary N) is 1. The van der Waals surface area contributed by atoms with E-state index >= 15 is 0 Å². The monoisotopic (exact) mass is 323 g/mol. The SMILES string of the molecule is CCOC(=O)CNC(=O)Cn1nnc2c(C(N)=O)ncn2c1=O. The first-order chi connectivity index (χ1) is 10.9. The molecule has 122 valence electrons. The summed E-state index contributed by atoms with van der Waals surface area (Å²) in [6.07, 6.45) is 1.06. The van der Waals surface area contributed by atoms with Gasteiger partial charge in [-0.15, -0.1) is 5.10 Å². The van der Waals surface area contributed by atoms with E-state index in [9.17, 15) is 19.2 Å². The molecule has 23 heavy (non-hydrogen) atoms. The number of carbonyl (C=O) groups excluding carboxylic acids is 3. The highest BCUT2D eigenvalue weighted by Gasteiger charge is 2.16. The predicted octanol–water partition coefficient (Wildman–Crippen LogP) is -2.94. The molecule has 0 unspecified atom stereocenters. The van der Waals surface area contributed by atoms with Crippen LogP contribution in [0.25, 0.3) is 5.65 Å². The summed E-state index contributed by atoms with van der Waals surface area (Å²) in [4.78, 5) is 49.7. The van der Waals surface area contributed by atoms with Gasteiger partial charge in [0.15, 0.2) is 11.3 Å². The summed E-state index contributed by atoms with van der Waals surface area (Å²) in [6.45, 7) is 1.04. The molecule has 12 heteroatoms. The molecule has 2 heterocycles. The molecule has 12 nitrogen and oxygen atoms in total. The largest absolute Gasteiger partial charge is 0.465 e. The quantitative estimate of drug-likeness (QED) is 0.533. The standard InChI is InChI=1S/C11H13N7O5/c1-2-23-7(20)3-13-6(19)4-18-11(22)17-5-14-8(9(12)21)10(17)15-16-18/h5H,2-4H2,1H3,(H2,12,21)(H,13,19). The Morgan fingerprint density at radius 2 is 2.13 bits per heavy atom. The number of hydrogen-bond acceptors (Lipinski definition) is 8. The summed E-state index contributed by atoms with van der Waals surface area (Å²) in [7, 11) is 0. The van der Waals surface area contributed by atoms with Gasteiger partial charge in [-0.25, -0.2) is 14.2 Å². The molecule has 0 spiro atoms. The van der Waals surface area contributed by atoms with Gasteiger partial charge in [-0.1, -0.05) is 5.21 Å². The van der Waals surface area contributed by atoms with E-state index in [1.807, 2.05) is 0 Å². The Bertz CT molecular complexity index is 824. The van der Waals surface area contributed by atoms with E-state index in [0.29, 0.717) is 0 Å². The molecular weight excluding hydrogens is 310 g/mol. The van der Waals surface area contributed by atoms with Crippen molar-refractivity contribution in [2.45, 2.75) is 13.5 Å². The Kier molecular flexibility index (Phi) is 4.64. The lowest BCUT2D eigenvalue weighted by molar-refractivity contribution is -0.143. The maximum atomic E-state index is 12.1. The highest BCUT2D eigenvalue weighted by atomic mass is 16.5. The number of primary amides is 1. The van der Waals surface area contributed by atoms with E-state index in [4.69, 9.17) is 5.73 Å². The van der Waals surface area contributed by atoms with Crippen molar-refractivity contribution in [3.8, 4) is 0 Å². The van der Waals surface area contributed by atoms with Crippen LogP contribution in [0, 0.1) is 0 Å². The minimum absolute atomic E-state index is 0.106. The average Bonchev–Trinajstić information content (AvgIpc) is 2.93. The third-order valence-corrected chi connectivity index (χ3v) is 2.68. The van der Waals surface area contributed by atoms with Gasteiger partial charge in [-0.05, 0) is 6.92 Å². The third-order valence-electron chi connectivity index (χ3n) is 2.68. The van der Waals surface area contributed by atoms with Crippen molar-refractivity contribution >= 4 is 23.4 Å². The number of imidazole rings is 1. The Hall–Kier alpha value is -3.31. The maximum Gasteiger partial charge on any atom is 0.353 e. The average molecular weight is 323 g/mol. The van der Waals surface area contributed by atoms with E-state index in [0.717, 1.165) is 15.4 Å². The second kappa shape index (κ2) is 6.64. The second-order valence-electron chi connectivity index (χ2n) is 4.26. The van der Waals surface area contributed by atoms with Crippen molar-refractivity contribution in [1.29, 1.82) is 0 Å². The molecule has 0 aliphatic carbocycles. The van der Waals surface area contributed by atoms with Crippen molar-refractivity contribution in [1.82, 2.24) is 29.7 Å². The van der Waals surface area contributed by atoms with Gasteiger partial charge < -0.3 is 15.8 Å². The number of rotatable bonds is 6. The molecule has 2 amide bonds. The Morgan fingerprint density at radius 3 is 2.78 bits per heavy atom. The predicted molar refractivity (Wildman–Crippen MR) is 73.2 cm³/mol. The van der Waals surface area contributed by atoms with E-state index in [-0.39, 0.29) is 24.5 Å². The van der Waals surface area contributed by atoms with Crippen molar-refractivity contribution in [2.75, 3.05) is 13.2 Å². The molecule has 0 saturated heterocycles. The van der Waals surface area contributed by atoms with E-state index < -0.39 is 30.0 Å². The van der Waals surface area contributed by atoms with Crippen LogP contribution in [0.5, 0.6) is 0 Å². The summed E-state index contributed by atoms with van der Waals surface area (Å²) in [6, 6.07) is 0. The number of carbonyl (C=O) groups is 3. The molecule has 2 rings (SSSR count). The number of nitrogens with one attached hydrogen (secondary N) is 1. The number of esters is 1. The van der Waals surface area contributed by atoms with Crippen LogP contribution in [0.4, 0.5) is 0 Å². The van der Waals surface area contributed by atoms with Crippen molar-refractivity contribution < 1.29 is 19.1 Å². The van der Waals surface area contributed by atoms with E-state index in [1.54, 1.807) is 6.92 Å². The van der Waals surface area contributed by atoms with Gasteiger partial charge in [0, 0.05) is 0 Å². The number of fused-ring (bicyclic) bond motifs is 1. The van der Waals surface area contributed by atoms with Gasteiger partial charge in [0.1, 0.15) is 19.4 Å². The number of nitrogens with zero attached hydrogens (tertiary/aromatic N) is 5. The zero-order chi connectivity index (χ0) is 17.0. The fourth-order valence-corrected chi connectivity index (χ4v) is 1.68. The van der Waals surface area contributed by atoms with Crippen molar-refractivity contribution in [3.05, 3.63) is 22.5 Å². The molecular formula is C11H13N7O5.